The van der Waals surface area contributed by atoms with Gasteiger partial charge >= 0.3 is 5.97 Å². The predicted octanol–water partition coefficient (Wildman–Crippen LogP) is 2.70. The van der Waals surface area contributed by atoms with Crippen molar-refractivity contribution in [2.75, 3.05) is 26.2 Å². The van der Waals surface area contributed by atoms with E-state index in [1.54, 1.807) is 17.0 Å². The maximum Gasteiger partial charge on any atom is 0.325 e. The normalized spacial score (nSPS) is 13.7. The van der Waals surface area contributed by atoms with Crippen molar-refractivity contribution in [2.45, 2.75) is 39.0 Å². The van der Waals surface area contributed by atoms with E-state index in [2.05, 4.69) is 31.1 Å². The molecule has 3 rings (SSSR count). The molecule has 1 saturated heterocycles. The number of Topliss-reactive ketones (excluding diaryl/α,β-unsaturated/α-hetero) is 1. The van der Waals surface area contributed by atoms with Gasteiger partial charge in [-0.3, -0.25) is 19.2 Å². The molecule has 0 atom stereocenters. The van der Waals surface area contributed by atoms with Crippen LogP contribution in [0, 0.1) is 0 Å². The second-order valence-electron chi connectivity index (χ2n) is 8.90. The summed E-state index contributed by atoms with van der Waals surface area (Å²) in [5.74, 6) is -1.69. The van der Waals surface area contributed by atoms with Gasteiger partial charge < -0.3 is 19.9 Å². The van der Waals surface area contributed by atoms with Crippen molar-refractivity contribution in [1.82, 2.24) is 15.2 Å². The molecule has 0 aliphatic carbocycles. The molecule has 2 amide bonds. The van der Waals surface area contributed by atoms with Gasteiger partial charge in [0, 0.05) is 30.4 Å². The first-order valence-corrected chi connectivity index (χ1v) is 10.7. The molecule has 0 saturated carbocycles. The number of hydrogen-bond acceptors (Lipinski definition) is 5. The van der Waals surface area contributed by atoms with Crippen LogP contribution in [0.25, 0.3) is 0 Å². The zero-order chi connectivity index (χ0) is 23.3. The summed E-state index contributed by atoms with van der Waals surface area (Å²) >= 11 is 0. The number of hydrogen-bond donors (Lipinski definition) is 2. The number of ketones is 1. The Morgan fingerprint density at radius 1 is 1.03 bits per heavy atom. The molecular weight excluding hydrogens is 410 g/mol. The number of rotatable bonds is 7. The van der Waals surface area contributed by atoms with Gasteiger partial charge in [0.25, 0.3) is 11.8 Å². The highest BCUT2D eigenvalue weighted by molar-refractivity contribution is 6.01. The highest BCUT2D eigenvalue weighted by atomic mass is 16.5. The number of carbonyl (C=O) groups excluding carboxylic acids is 4. The van der Waals surface area contributed by atoms with Gasteiger partial charge in [-0.15, -0.1) is 0 Å². The topological polar surface area (TPSA) is 109 Å². The number of nitrogens with one attached hydrogen (secondary N) is 2. The lowest BCUT2D eigenvalue weighted by atomic mass is 9.87. The maximum absolute atomic E-state index is 12.3. The lowest BCUT2D eigenvalue weighted by molar-refractivity contribution is -0.141. The van der Waals surface area contributed by atoms with E-state index in [1.165, 1.54) is 12.3 Å². The number of carbonyl (C=O) groups is 4. The fraction of sp³-hybridized carbons (Fsp3) is 0.417. The summed E-state index contributed by atoms with van der Waals surface area (Å²) in [5, 5.41) is 2.49. The zero-order valence-corrected chi connectivity index (χ0v) is 18.7. The molecule has 2 aromatic rings. The van der Waals surface area contributed by atoms with Gasteiger partial charge in [-0.05, 0) is 42.0 Å². The minimum atomic E-state index is -0.720. The molecule has 2 heterocycles. The first-order chi connectivity index (χ1) is 15.1. The van der Waals surface area contributed by atoms with Crippen LogP contribution >= 0.6 is 0 Å². The van der Waals surface area contributed by atoms with Crippen LogP contribution in [0.15, 0.2) is 36.5 Å². The van der Waals surface area contributed by atoms with E-state index in [0.717, 1.165) is 18.4 Å². The molecule has 0 spiro atoms. The molecule has 2 N–H and O–H groups in total. The van der Waals surface area contributed by atoms with Gasteiger partial charge in [0.1, 0.15) is 12.2 Å². The number of likely N-dealkylation sites (tertiary alicyclic amines) is 1. The molecule has 8 heteroatoms. The Morgan fingerprint density at radius 3 is 2.31 bits per heavy atom. The van der Waals surface area contributed by atoms with E-state index in [9.17, 15) is 19.2 Å². The van der Waals surface area contributed by atoms with Crippen molar-refractivity contribution in [3.63, 3.8) is 0 Å². The highest BCUT2D eigenvalue weighted by Crippen LogP contribution is 2.22. The van der Waals surface area contributed by atoms with Crippen LogP contribution in [-0.4, -0.2) is 59.7 Å². The Bertz CT molecular complexity index is 995. The minimum absolute atomic E-state index is 0.0208. The van der Waals surface area contributed by atoms with Crippen LogP contribution in [0.5, 0.6) is 0 Å². The van der Waals surface area contributed by atoms with Crippen molar-refractivity contribution >= 4 is 23.6 Å². The van der Waals surface area contributed by atoms with Crippen LogP contribution in [-0.2, 0) is 14.9 Å². The molecule has 1 fully saturated rings. The van der Waals surface area contributed by atoms with Crippen molar-refractivity contribution in [2.24, 2.45) is 0 Å². The van der Waals surface area contributed by atoms with Crippen molar-refractivity contribution in [3.05, 3.63) is 58.9 Å². The first-order valence-electron chi connectivity index (χ1n) is 10.7. The number of H-pyrrole nitrogens is 1. The van der Waals surface area contributed by atoms with Gasteiger partial charge in [-0.2, -0.15) is 0 Å². The van der Waals surface area contributed by atoms with Crippen LogP contribution in [0.3, 0.4) is 0 Å². The van der Waals surface area contributed by atoms with Crippen LogP contribution in [0.4, 0.5) is 0 Å². The molecular formula is C24H29N3O5. The molecule has 32 heavy (non-hydrogen) atoms. The first kappa shape index (κ1) is 23.2. The quantitative estimate of drug-likeness (QED) is 0.509. The lowest BCUT2D eigenvalue weighted by Crippen LogP contribution is -2.31. The Kier molecular flexibility index (Phi) is 7.12. The van der Waals surface area contributed by atoms with Gasteiger partial charge in [-0.25, -0.2) is 0 Å². The molecule has 1 aliphatic heterocycles. The van der Waals surface area contributed by atoms with E-state index in [0.29, 0.717) is 24.3 Å². The van der Waals surface area contributed by atoms with E-state index in [1.807, 2.05) is 12.1 Å². The number of aromatic amines is 1. The smallest absolute Gasteiger partial charge is 0.325 e. The molecule has 0 bridgehead atoms. The Hall–Kier alpha value is -3.42. The maximum atomic E-state index is 12.3. The second kappa shape index (κ2) is 9.80. The highest BCUT2D eigenvalue weighted by Gasteiger charge is 2.22. The van der Waals surface area contributed by atoms with E-state index < -0.39 is 24.3 Å². The SMILES string of the molecule is CC(C)(C)c1ccc(C(=O)NCC(=O)OCC(=O)c2c[nH]c(C(=O)N3CCCC3)c2)cc1. The average molecular weight is 440 g/mol. The molecule has 8 nitrogen and oxygen atoms in total. The largest absolute Gasteiger partial charge is 0.456 e. The number of ether oxygens (including phenoxy) is 1. The summed E-state index contributed by atoms with van der Waals surface area (Å²) in [6.07, 6.45) is 3.39. The lowest BCUT2D eigenvalue weighted by Gasteiger charge is -2.19. The molecule has 0 radical (unpaired) electrons. The molecule has 1 aliphatic rings. The third-order valence-corrected chi connectivity index (χ3v) is 5.40. The molecule has 0 unspecified atom stereocenters. The monoisotopic (exact) mass is 439 g/mol. The molecule has 1 aromatic carbocycles. The summed E-state index contributed by atoms with van der Waals surface area (Å²) in [7, 11) is 0. The standard InChI is InChI=1S/C24H29N3O5/c1-24(2,3)18-8-6-16(7-9-18)22(30)26-14-21(29)32-15-20(28)17-12-19(25-13-17)23(31)27-10-4-5-11-27/h6-9,12-13,25H,4-5,10-11,14-15H2,1-3H3,(H,26,30). The summed E-state index contributed by atoms with van der Waals surface area (Å²) in [5.41, 5.74) is 2.12. The number of aromatic nitrogens is 1. The number of benzene rings is 1. The number of esters is 1. The van der Waals surface area contributed by atoms with Crippen molar-refractivity contribution in [3.8, 4) is 0 Å². The van der Waals surface area contributed by atoms with Crippen LogP contribution in [0.2, 0.25) is 0 Å². The number of nitrogens with zero attached hydrogens (tertiary/aromatic N) is 1. The van der Waals surface area contributed by atoms with Gasteiger partial charge in [0.15, 0.2) is 6.61 Å². The van der Waals surface area contributed by atoms with Gasteiger partial charge in [0.05, 0.1) is 0 Å². The van der Waals surface area contributed by atoms with Crippen molar-refractivity contribution < 1.29 is 23.9 Å². The summed E-state index contributed by atoms with van der Waals surface area (Å²) in [6.45, 7) is 6.86. The second-order valence-corrected chi connectivity index (χ2v) is 8.90. The van der Waals surface area contributed by atoms with Crippen molar-refractivity contribution in [1.29, 1.82) is 0 Å². The Labute approximate surface area is 187 Å². The summed E-state index contributed by atoms with van der Waals surface area (Å²) < 4.78 is 4.97. The van der Waals surface area contributed by atoms with E-state index in [4.69, 9.17) is 4.74 Å². The van der Waals surface area contributed by atoms with Crippen LogP contribution < -0.4 is 5.32 Å². The fourth-order valence-electron chi connectivity index (χ4n) is 3.43. The third kappa shape index (κ3) is 5.84. The average Bonchev–Trinajstić information content (AvgIpc) is 3.47. The van der Waals surface area contributed by atoms with Gasteiger partial charge in [0.2, 0.25) is 5.78 Å². The summed E-state index contributed by atoms with van der Waals surface area (Å²) in [6, 6.07) is 8.65. The zero-order valence-electron chi connectivity index (χ0n) is 18.7. The van der Waals surface area contributed by atoms with Crippen LogP contribution in [0.1, 0.15) is 70.4 Å². The number of amides is 2. The van der Waals surface area contributed by atoms with Gasteiger partial charge in [-0.1, -0.05) is 32.9 Å². The Balaban J connectivity index is 1.44. The molecule has 170 valence electrons. The molecule has 1 aromatic heterocycles. The Morgan fingerprint density at radius 2 is 1.69 bits per heavy atom. The summed E-state index contributed by atoms with van der Waals surface area (Å²) in [4.78, 5) is 53.3. The minimum Gasteiger partial charge on any atom is -0.456 e. The third-order valence-electron chi connectivity index (χ3n) is 5.40. The van der Waals surface area contributed by atoms with E-state index >= 15 is 0 Å². The predicted molar refractivity (Wildman–Crippen MR) is 119 cm³/mol. The fourth-order valence-corrected chi connectivity index (χ4v) is 3.43. The van der Waals surface area contributed by atoms with E-state index in [-0.39, 0.29) is 23.4 Å².